The average molecular weight is 604 g/mol. The molecule has 1 fully saturated rings. The highest BCUT2D eigenvalue weighted by Gasteiger charge is 2.29. The minimum Gasteiger partial charge on any atom is -0.487 e. The second-order valence-corrected chi connectivity index (χ2v) is 10.2. The largest absolute Gasteiger partial charge is 0.487 e. The van der Waals surface area contributed by atoms with Gasteiger partial charge in [-0.15, -0.1) is 0 Å². The lowest BCUT2D eigenvalue weighted by molar-refractivity contribution is -0.144. The Balaban J connectivity index is 1.58. The molecule has 10 heteroatoms. The number of carbonyl (C=O) groups is 2. The van der Waals surface area contributed by atoms with Crippen LogP contribution in [0.15, 0.2) is 65.1 Å². The molecule has 0 aliphatic carbocycles. The molecule has 0 bridgehead atoms. The van der Waals surface area contributed by atoms with Crippen molar-refractivity contribution in [1.82, 2.24) is 10.4 Å². The van der Waals surface area contributed by atoms with Crippen molar-refractivity contribution in [1.29, 1.82) is 0 Å². The molecular weight excluding hydrogens is 576 g/mol. The zero-order valence-corrected chi connectivity index (χ0v) is 22.9. The number of nitrogens with zero attached hydrogens (tertiary/aromatic N) is 1. The lowest BCUT2D eigenvalue weighted by Gasteiger charge is -2.33. The van der Waals surface area contributed by atoms with Crippen LogP contribution in [-0.2, 0) is 22.7 Å². The molecule has 0 spiro atoms. The maximum absolute atomic E-state index is 11.8. The van der Waals surface area contributed by atoms with Crippen molar-refractivity contribution in [3.05, 3.63) is 81.3 Å². The predicted molar refractivity (Wildman–Crippen MR) is 146 cm³/mol. The molecule has 8 nitrogen and oxygen atoms in total. The summed E-state index contributed by atoms with van der Waals surface area (Å²) in [6.45, 7) is 0.675. The van der Waals surface area contributed by atoms with Crippen LogP contribution in [0, 0.1) is 0 Å². The lowest BCUT2D eigenvalue weighted by atomic mass is 10.0. The van der Waals surface area contributed by atoms with Gasteiger partial charge in [-0.25, -0.2) is 5.48 Å². The van der Waals surface area contributed by atoms with Gasteiger partial charge in [0.2, 0.25) is 0 Å². The molecule has 1 aliphatic heterocycles. The van der Waals surface area contributed by atoms with Gasteiger partial charge < -0.3 is 14.6 Å². The maximum atomic E-state index is 11.8. The number of benzene rings is 3. The summed E-state index contributed by atoms with van der Waals surface area (Å²) >= 11 is 10.3. The van der Waals surface area contributed by atoms with Crippen LogP contribution in [-0.4, -0.2) is 46.3 Å². The summed E-state index contributed by atoms with van der Waals surface area (Å²) in [6.07, 6.45) is 2.30. The number of ether oxygens (including phenoxy) is 2. The van der Waals surface area contributed by atoms with E-state index in [2.05, 4.69) is 15.9 Å². The highest BCUT2D eigenvalue weighted by Crippen LogP contribution is 2.37. The van der Waals surface area contributed by atoms with Crippen LogP contribution in [0.5, 0.6) is 11.5 Å². The van der Waals surface area contributed by atoms with Crippen molar-refractivity contribution in [2.24, 2.45) is 0 Å². The summed E-state index contributed by atoms with van der Waals surface area (Å²) in [4.78, 5) is 25.3. The van der Waals surface area contributed by atoms with Crippen LogP contribution in [0.3, 0.4) is 0 Å². The molecule has 0 aromatic heterocycles. The van der Waals surface area contributed by atoms with Crippen LogP contribution in [0.1, 0.15) is 30.4 Å². The number of amides is 1. The van der Waals surface area contributed by atoms with Crippen molar-refractivity contribution in [2.45, 2.75) is 38.5 Å². The number of carboxylic acids is 1. The number of nitrogens with one attached hydrogen (secondary N) is 1. The Morgan fingerprint density at radius 2 is 1.82 bits per heavy atom. The van der Waals surface area contributed by atoms with Crippen LogP contribution in [0.2, 0.25) is 5.02 Å². The average Bonchev–Trinajstić information content (AvgIpc) is 2.93. The maximum Gasteiger partial charge on any atom is 0.320 e. The summed E-state index contributed by atoms with van der Waals surface area (Å²) in [7, 11) is 0. The van der Waals surface area contributed by atoms with Gasteiger partial charge in [-0.2, -0.15) is 0 Å². The number of piperidine rings is 1. The van der Waals surface area contributed by atoms with E-state index in [1.807, 2.05) is 53.4 Å². The molecule has 4 rings (SSSR count). The van der Waals surface area contributed by atoms with E-state index in [1.165, 1.54) is 0 Å². The smallest absolute Gasteiger partial charge is 0.320 e. The Labute approximate surface area is 234 Å². The molecule has 1 atom stereocenters. The molecule has 1 amide bonds. The van der Waals surface area contributed by atoms with Gasteiger partial charge in [0.15, 0.2) is 6.61 Å². The van der Waals surface area contributed by atoms with E-state index < -0.39 is 24.5 Å². The van der Waals surface area contributed by atoms with E-state index in [1.54, 1.807) is 17.6 Å². The number of hydrogen-bond donors (Lipinski definition) is 3. The number of hydrogen-bond acceptors (Lipinski definition) is 6. The molecule has 38 heavy (non-hydrogen) atoms. The fourth-order valence-electron chi connectivity index (χ4n) is 4.49. The number of halogens is 2. The highest BCUT2D eigenvalue weighted by atomic mass is 79.9. The summed E-state index contributed by atoms with van der Waals surface area (Å²) in [5.41, 5.74) is 5.17. The van der Waals surface area contributed by atoms with Crippen LogP contribution < -0.4 is 15.0 Å². The first kappa shape index (κ1) is 27.9. The second kappa shape index (κ2) is 13.1. The summed E-state index contributed by atoms with van der Waals surface area (Å²) < 4.78 is 12.7. The second-order valence-electron chi connectivity index (χ2n) is 8.97. The quantitative estimate of drug-likeness (QED) is 0.202. The summed E-state index contributed by atoms with van der Waals surface area (Å²) in [6, 6.07) is 18.6. The van der Waals surface area contributed by atoms with Gasteiger partial charge in [0.1, 0.15) is 24.1 Å². The number of aliphatic carboxylic acids is 1. The molecule has 3 aromatic carbocycles. The molecule has 1 saturated heterocycles. The van der Waals surface area contributed by atoms with E-state index in [0.29, 0.717) is 35.1 Å². The topological polar surface area (TPSA) is 108 Å². The fourth-order valence-corrected chi connectivity index (χ4v) is 5.33. The van der Waals surface area contributed by atoms with E-state index in [4.69, 9.17) is 26.3 Å². The third kappa shape index (κ3) is 6.85. The lowest BCUT2D eigenvalue weighted by Crippen LogP contribution is -2.44. The number of hydroxylamine groups is 1. The number of rotatable bonds is 10. The predicted octanol–water partition coefficient (Wildman–Crippen LogP) is 5.67. The zero-order valence-electron chi connectivity index (χ0n) is 20.5. The summed E-state index contributed by atoms with van der Waals surface area (Å²) in [5.74, 6) is -0.933. The van der Waals surface area contributed by atoms with Crippen molar-refractivity contribution in [3.63, 3.8) is 0 Å². The Bertz CT molecular complexity index is 1290. The molecule has 200 valence electrons. The zero-order chi connectivity index (χ0) is 27.1. The molecule has 1 unspecified atom stereocenters. The van der Waals surface area contributed by atoms with Crippen molar-refractivity contribution < 1.29 is 29.4 Å². The first-order valence-corrected chi connectivity index (χ1v) is 13.3. The van der Waals surface area contributed by atoms with Gasteiger partial charge in [-0.3, -0.25) is 19.7 Å². The van der Waals surface area contributed by atoms with E-state index in [9.17, 15) is 14.7 Å². The van der Waals surface area contributed by atoms with E-state index in [-0.39, 0.29) is 13.2 Å². The van der Waals surface area contributed by atoms with Gasteiger partial charge >= 0.3 is 5.97 Å². The van der Waals surface area contributed by atoms with Gasteiger partial charge in [0, 0.05) is 28.2 Å². The summed E-state index contributed by atoms with van der Waals surface area (Å²) in [5, 5.41) is 18.9. The third-order valence-electron chi connectivity index (χ3n) is 6.42. The standard InChI is InChI=1S/C28H28BrClN2O6/c29-27-19(9-6-10-21(27)18-7-2-1-3-8-18)16-37-25-14-24(38-17-26(33)31-36)20(13-22(25)30)15-32-12-5-4-11-23(32)28(34)35/h1-3,6-10,13-14,23,36H,4-5,11-12,15-17H2,(H,31,33)(H,34,35). The molecule has 0 radical (unpaired) electrons. The van der Waals surface area contributed by atoms with Crippen LogP contribution >= 0.6 is 27.5 Å². The minimum absolute atomic E-state index is 0.212. The number of likely N-dealkylation sites (tertiary alicyclic amines) is 1. The molecule has 3 N–H and O–H groups in total. The SMILES string of the molecule is O=C(COc1cc(OCc2cccc(-c3ccccc3)c2Br)c(Cl)cc1CN1CCCCC1C(=O)O)NO. The normalized spacial score (nSPS) is 15.6. The molecule has 1 heterocycles. The Hall–Kier alpha value is -3.11. The van der Waals surface area contributed by atoms with Gasteiger partial charge in [0.25, 0.3) is 5.91 Å². The number of carboxylic acid groups (broad SMARTS) is 1. The molecule has 0 saturated carbocycles. The van der Waals surface area contributed by atoms with E-state index in [0.717, 1.165) is 34.0 Å². The third-order valence-corrected chi connectivity index (χ3v) is 7.65. The Morgan fingerprint density at radius 3 is 2.55 bits per heavy atom. The molecule has 1 aliphatic rings. The minimum atomic E-state index is -0.874. The first-order valence-electron chi connectivity index (χ1n) is 12.2. The van der Waals surface area contributed by atoms with Gasteiger partial charge in [-0.1, -0.05) is 66.6 Å². The van der Waals surface area contributed by atoms with E-state index >= 15 is 0 Å². The fraction of sp³-hybridized carbons (Fsp3) is 0.286. The first-order chi connectivity index (χ1) is 18.4. The van der Waals surface area contributed by atoms with Crippen LogP contribution in [0.4, 0.5) is 0 Å². The van der Waals surface area contributed by atoms with Crippen molar-refractivity contribution in [2.75, 3.05) is 13.2 Å². The number of carbonyl (C=O) groups excluding carboxylic acids is 1. The Morgan fingerprint density at radius 1 is 1.03 bits per heavy atom. The van der Waals surface area contributed by atoms with Crippen molar-refractivity contribution >= 4 is 39.4 Å². The van der Waals surface area contributed by atoms with Gasteiger partial charge in [-0.05, 0) is 52.5 Å². The highest BCUT2D eigenvalue weighted by molar-refractivity contribution is 9.10. The van der Waals surface area contributed by atoms with Gasteiger partial charge in [0.05, 0.1) is 5.02 Å². The van der Waals surface area contributed by atoms with Crippen LogP contribution in [0.25, 0.3) is 11.1 Å². The molecular formula is C28H28BrClN2O6. The monoisotopic (exact) mass is 602 g/mol. The molecule has 3 aromatic rings. The van der Waals surface area contributed by atoms with Crippen molar-refractivity contribution in [3.8, 4) is 22.6 Å². The Kier molecular flexibility index (Phi) is 9.63.